The van der Waals surface area contributed by atoms with Crippen LogP contribution in [0.5, 0.6) is 0 Å². The van der Waals surface area contributed by atoms with E-state index in [2.05, 4.69) is 5.32 Å². The number of amides is 2. The van der Waals surface area contributed by atoms with Gasteiger partial charge in [-0.1, -0.05) is 31.2 Å². The molecule has 0 heterocycles. The van der Waals surface area contributed by atoms with Crippen molar-refractivity contribution >= 4 is 27.5 Å². The van der Waals surface area contributed by atoms with Gasteiger partial charge in [-0.15, -0.1) is 0 Å². The molecule has 2 rings (SSSR count). The molecule has 2 aromatic carbocycles. The maximum atomic E-state index is 14.3. The lowest BCUT2D eigenvalue weighted by molar-refractivity contribution is -0.140. The Morgan fingerprint density at radius 2 is 1.66 bits per heavy atom. The molecule has 0 unspecified atom stereocenters. The van der Waals surface area contributed by atoms with Crippen LogP contribution in [-0.4, -0.2) is 50.5 Å². The molecule has 174 valence electrons. The van der Waals surface area contributed by atoms with E-state index < -0.39 is 46.1 Å². The van der Waals surface area contributed by atoms with E-state index in [1.165, 1.54) is 47.4 Å². The standard InChI is InChI=1S/C22H27F2N3O4S/c1-4-19(22(29)25-5-2)26(14-16-10-12-17(23)13-11-16)21(28)15-27(32(3,30)31)20-9-7-6-8-18(20)24/h6-13,19H,4-5,14-15H2,1-3H3,(H,25,29)/t19-/m1/s1. The largest absolute Gasteiger partial charge is 0.355 e. The van der Waals surface area contributed by atoms with Crippen LogP contribution in [0.2, 0.25) is 0 Å². The summed E-state index contributed by atoms with van der Waals surface area (Å²) in [5, 5.41) is 2.67. The highest BCUT2D eigenvalue weighted by molar-refractivity contribution is 7.92. The molecule has 0 aromatic heterocycles. The van der Waals surface area contributed by atoms with Crippen molar-refractivity contribution in [2.24, 2.45) is 0 Å². The minimum absolute atomic E-state index is 0.0520. The topological polar surface area (TPSA) is 86.8 Å². The molecule has 7 nitrogen and oxygen atoms in total. The van der Waals surface area contributed by atoms with E-state index in [1.54, 1.807) is 13.8 Å². The molecule has 0 fully saturated rings. The molecule has 0 bridgehead atoms. The van der Waals surface area contributed by atoms with Crippen molar-refractivity contribution in [1.29, 1.82) is 0 Å². The van der Waals surface area contributed by atoms with Crippen LogP contribution < -0.4 is 9.62 Å². The van der Waals surface area contributed by atoms with Gasteiger partial charge in [-0.05, 0) is 43.2 Å². The van der Waals surface area contributed by atoms with E-state index in [4.69, 9.17) is 0 Å². The third-order valence-electron chi connectivity index (χ3n) is 4.80. The predicted octanol–water partition coefficient (Wildman–Crippen LogP) is 2.67. The first-order chi connectivity index (χ1) is 15.1. The number of carbonyl (C=O) groups excluding carboxylic acids is 2. The van der Waals surface area contributed by atoms with Gasteiger partial charge in [0.2, 0.25) is 21.8 Å². The second kappa shape index (κ2) is 11.0. The first-order valence-corrected chi connectivity index (χ1v) is 12.0. The van der Waals surface area contributed by atoms with E-state index in [0.717, 1.165) is 12.3 Å². The molecule has 10 heteroatoms. The van der Waals surface area contributed by atoms with Crippen molar-refractivity contribution in [3.05, 3.63) is 65.7 Å². The molecular weight excluding hydrogens is 440 g/mol. The van der Waals surface area contributed by atoms with Gasteiger partial charge in [0.15, 0.2) is 0 Å². The number of halogens is 2. The number of sulfonamides is 1. The van der Waals surface area contributed by atoms with E-state index >= 15 is 0 Å². The minimum atomic E-state index is -4.01. The lowest BCUT2D eigenvalue weighted by atomic mass is 10.1. The van der Waals surface area contributed by atoms with Crippen molar-refractivity contribution in [2.75, 3.05) is 23.7 Å². The number of hydrogen-bond donors (Lipinski definition) is 1. The first kappa shape index (κ1) is 25.3. The quantitative estimate of drug-likeness (QED) is 0.582. The Balaban J connectivity index is 2.43. The molecule has 0 saturated heterocycles. The predicted molar refractivity (Wildman–Crippen MR) is 118 cm³/mol. The Morgan fingerprint density at radius 3 is 2.19 bits per heavy atom. The number of rotatable bonds is 10. The number of likely N-dealkylation sites (N-methyl/N-ethyl adjacent to an activating group) is 1. The Morgan fingerprint density at radius 1 is 1.03 bits per heavy atom. The molecule has 2 amide bonds. The Kier molecular flexibility index (Phi) is 8.71. The number of carbonyl (C=O) groups is 2. The monoisotopic (exact) mass is 467 g/mol. The Hall–Kier alpha value is -3.01. The van der Waals surface area contributed by atoms with Crippen LogP contribution in [0.1, 0.15) is 25.8 Å². The average Bonchev–Trinajstić information content (AvgIpc) is 2.73. The molecule has 0 spiro atoms. The third kappa shape index (κ3) is 6.49. The molecule has 0 radical (unpaired) electrons. The number of benzene rings is 2. The fourth-order valence-corrected chi connectivity index (χ4v) is 4.10. The average molecular weight is 468 g/mol. The molecule has 1 N–H and O–H groups in total. The van der Waals surface area contributed by atoms with Crippen LogP contribution in [-0.2, 0) is 26.2 Å². The normalized spacial score (nSPS) is 12.2. The fourth-order valence-electron chi connectivity index (χ4n) is 3.25. The molecule has 2 aromatic rings. The zero-order chi connectivity index (χ0) is 23.9. The van der Waals surface area contributed by atoms with Crippen LogP contribution in [0, 0.1) is 11.6 Å². The number of hydrogen-bond acceptors (Lipinski definition) is 4. The summed E-state index contributed by atoms with van der Waals surface area (Å²) in [4.78, 5) is 27.2. The lowest BCUT2D eigenvalue weighted by Gasteiger charge is -2.32. The Labute approximate surface area is 187 Å². The molecule has 0 aliphatic rings. The molecule has 0 aliphatic carbocycles. The highest BCUT2D eigenvalue weighted by Gasteiger charge is 2.32. The highest BCUT2D eigenvalue weighted by atomic mass is 32.2. The summed E-state index contributed by atoms with van der Waals surface area (Å²) in [6, 6.07) is 9.74. The van der Waals surface area contributed by atoms with Gasteiger partial charge in [0.25, 0.3) is 0 Å². The van der Waals surface area contributed by atoms with E-state index in [9.17, 15) is 26.8 Å². The van der Waals surface area contributed by atoms with Crippen LogP contribution >= 0.6 is 0 Å². The maximum absolute atomic E-state index is 14.3. The molecule has 1 atom stereocenters. The summed E-state index contributed by atoms with van der Waals surface area (Å²) in [6.07, 6.45) is 1.13. The van der Waals surface area contributed by atoms with E-state index in [-0.39, 0.29) is 18.7 Å². The van der Waals surface area contributed by atoms with Crippen molar-refractivity contribution < 1.29 is 26.8 Å². The van der Waals surface area contributed by atoms with Crippen LogP contribution in [0.3, 0.4) is 0 Å². The van der Waals surface area contributed by atoms with Crippen molar-refractivity contribution in [2.45, 2.75) is 32.9 Å². The van der Waals surface area contributed by atoms with E-state index in [0.29, 0.717) is 16.4 Å². The molecule has 0 aliphatic heterocycles. The van der Waals surface area contributed by atoms with Crippen molar-refractivity contribution in [1.82, 2.24) is 10.2 Å². The molecule has 32 heavy (non-hydrogen) atoms. The number of anilines is 1. The zero-order valence-corrected chi connectivity index (χ0v) is 19.0. The van der Waals surface area contributed by atoms with Gasteiger partial charge in [-0.3, -0.25) is 13.9 Å². The zero-order valence-electron chi connectivity index (χ0n) is 18.2. The molecule has 0 saturated carbocycles. The van der Waals surface area contributed by atoms with Gasteiger partial charge in [0.05, 0.1) is 11.9 Å². The van der Waals surface area contributed by atoms with Crippen molar-refractivity contribution in [3.8, 4) is 0 Å². The molecular formula is C22H27F2N3O4S. The minimum Gasteiger partial charge on any atom is -0.355 e. The van der Waals surface area contributed by atoms with E-state index in [1.807, 2.05) is 0 Å². The number of para-hydroxylation sites is 1. The summed E-state index contributed by atoms with van der Waals surface area (Å²) in [5.41, 5.74) is 0.287. The summed E-state index contributed by atoms with van der Waals surface area (Å²) in [5.74, 6) is -2.35. The van der Waals surface area contributed by atoms with Gasteiger partial charge in [-0.25, -0.2) is 17.2 Å². The third-order valence-corrected chi connectivity index (χ3v) is 5.93. The van der Waals surface area contributed by atoms with Crippen LogP contribution in [0.15, 0.2) is 48.5 Å². The number of nitrogens with one attached hydrogen (secondary N) is 1. The SMILES string of the molecule is CCNC(=O)[C@@H](CC)N(Cc1ccc(F)cc1)C(=O)CN(c1ccccc1F)S(C)(=O)=O. The van der Waals surface area contributed by atoms with Crippen LogP contribution in [0.4, 0.5) is 14.5 Å². The van der Waals surface area contributed by atoms with Gasteiger partial charge in [0.1, 0.15) is 24.2 Å². The fraction of sp³-hybridized carbons (Fsp3) is 0.364. The van der Waals surface area contributed by atoms with Gasteiger partial charge in [0, 0.05) is 13.1 Å². The van der Waals surface area contributed by atoms with Crippen molar-refractivity contribution in [3.63, 3.8) is 0 Å². The summed E-state index contributed by atoms with van der Waals surface area (Å²) in [7, 11) is -4.01. The summed E-state index contributed by atoms with van der Waals surface area (Å²) >= 11 is 0. The second-order valence-corrected chi connectivity index (χ2v) is 9.09. The van der Waals surface area contributed by atoms with Crippen LogP contribution in [0.25, 0.3) is 0 Å². The summed E-state index contributed by atoms with van der Waals surface area (Å²) < 4.78 is 53.1. The summed E-state index contributed by atoms with van der Waals surface area (Å²) in [6.45, 7) is 3.05. The van der Waals surface area contributed by atoms with Gasteiger partial charge in [-0.2, -0.15) is 0 Å². The smallest absolute Gasteiger partial charge is 0.244 e. The number of nitrogens with zero attached hydrogens (tertiary/aromatic N) is 2. The lowest BCUT2D eigenvalue weighted by Crippen LogP contribution is -2.52. The van der Waals surface area contributed by atoms with Gasteiger partial charge < -0.3 is 10.2 Å². The highest BCUT2D eigenvalue weighted by Crippen LogP contribution is 2.22. The Bertz CT molecular complexity index is 1050. The first-order valence-electron chi connectivity index (χ1n) is 10.1. The van der Waals surface area contributed by atoms with Gasteiger partial charge >= 0.3 is 0 Å². The second-order valence-electron chi connectivity index (χ2n) is 7.19. The maximum Gasteiger partial charge on any atom is 0.244 e.